The first-order valence-electron chi connectivity index (χ1n) is 10.7. The monoisotopic (exact) mass is 426 g/mol. The summed E-state index contributed by atoms with van der Waals surface area (Å²) in [6.07, 6.45) is 1.50. The fraction of sp³-hybridized carbons (Fsp3) is 0.391. The number of halogens is 1. The molecule has 0 saturated heterocycles. The lowest BCUT2D eigenvalue weighted by atomic mass is 10.2. The van der Waals surface area contributed by atoms with Crippen molar-refractivity contribution in [1.29, 1.82) is 0 Å². The highest BCUT2D eigenvalue weighted by molar-refractivity contribution is 5.93. The van der Waals surface area contributed by atoms with Gasteiger partial charge in [0, 0.05) is 26.2 Å². The third-order valence-electron chi connectivity index (χ3n) is 4.54. The van der Waals surface area contributed by atoms with Crippen LogP contribution in [0.1, 0.15) is 36.8 Å². The highest BCUT2D eigenvalue weighted by atomic mass is 19.1. The molecule has 7 nitrogen and oxygen atoms in total. The summed E-state index contributed by atoms with van der Waals surface area (Å²) in [7, 11) is 0. The summed E-state index contributed by atoms with van der Waals surface area (Å²) in [5, 5.41) is 5.99. The Balaban J connectivity index is 0.00000166. The van der Waals surface area contributed by atoms with Gasteiger partial charge in [0.1, 0.15) is 11.5 Å². The first-order valence-corrected chi connectivity index (χ1v) is 10.7. The van der Waals surface area contributed by atoms with E-state index in [4.69, 9.17) is 0 Å². The van der Waals surface area contributed by atoms with Crippen molar-refractivity contribution in [3.8, 4) is 0 Å². The third kappa shape index (κ3) is 7.57. The summed E-state index contributed by atoms with van der Waals surface area (Å²) >= 11 is 0. The average molecular weight is 427 g/mol. The average Bonchev–Trinajstić information content (AvgIpc) is 2.79. The molecule has 8 heteroatoms. The first kappa shape index (κ1) is 24.1. The number of carbonyl (C=O) groups excluding carboxylic acids is 1. The lowest BCUT2D eigenvalue weighted by Crippen LogP contribution is -2.37. The molecule has 0 radical (unpaired) electrons. The van der Waals surface area contributed by atoms with Gasteiger partial charge in [-0.3, -0.25) is 9.78 Å². The van der Waals surface area contributed by atoms with Crippen LogP contribution in [0.3, 0.4) is 0 Å². The lowest BCUT2D eigenvalue weighted by Gasteiger charge is -2.20. The Morgan fingerprint density at radius 1 is 1.06 bits per heavy atom. The number of likely N-dealkylation sites (N-methyl/N-ethyl adjacent to an activating group) is 1. The van der Waals surface area contributed by atoms with Crippen molar-refractivity contribution in [1.82, 2.24) is 25.2 Å². The third-order valence-corrected chi connectivity index (χ3v) is 4.54. The van der Waals surface area contributed by atoms with Crippen LogP contribution < -0.4 is 10.6 Å². The molecule has 166 valence electrons. The highest BCUT2D eigenvalue weighted by Crippen LogP contribution is 2.11. The zero-order valence-electron chi connectivity index (χ0n) is 18.7. The molecule has 0 aliphatic carbocycles. The number of aryl methyl sites for hydroxylation is 1. The predicted molar refractivity (Wildman–Crippen MR) is 123 cm³/mol. The second-order valence-electron chi connectivity index (χ2n) is 6.71. The second kappa shape index (κ2) is 12.5. The maximum atomic E-state index is 13.1. The summed E-state index contributed by atoms with van der Waals surface area (Å²) in [6, 6.07) is 10.4. The van der Waals surface area contributed by atoms with Gasteiger partial charge in [0.05, 0.1) is 17.2 Å². The molecule has 0 aliphatic heterocycles. The minimum atomic E-state index is -0.503. The van der Waals surface area contributed by atoms with Crippen LogP contribution >= 0.6 is 0 Å². The van der Waals surface area contributed by atoms with E-state index < -0.39 is 5.95 Å². The molecule has 1 amide bonds. The van der Waals surface area contributed by atoms with E-state index >= 15 is 0 Å². The van der Waals surface area contributed by atoms with Gasteiger partial charge < -0.3 is 15.5 Å². The van der Waals surface area contributed by atoms with Gasteiger partial charge in [0.15, 0.2) is 0 Å². The number of nitrogens with one attached hydrogen (secondary N) is 2. The molecule has 3 aromatic rings. The van der Waals surface area contributed by atoms with E-state index in [1.54, 1.807) is 12.1 Å². The van der Waals surface area contributed by atoms with Gasteiger partial charge in [0.2, 0.25) is 5.95 Å². The van der Waals surface area contributed by atoms with Gasteiger partial charge in [-0.15, -0.1) is 0 Å². The fourth-order valence-electron chi connectivity index (χ4n) is 2.93. The zero-order chi connectivity index (χ0) is 22.6. The van der Waals surface area contributed by atoms with Crippen molar-refractivity contribution in [2.75, 3.05) is 38.0 Å². The maximum absolute atomic E-state index is 13.1. The molecule has 0 unspecified atom stereocenters. The quantitative estimate of drug-likeness (QED) is 0.508. The van der Waals surface area contributed by atoms with Crippen LogP contribution in [0.4, 0.5) is 10.2 Å². The van der Waals surface area contributed by atoms with E-state index in [2.05, 4.69) is 37.4 Å². The summed E-state index contributed by atoms with van der Waals surface area (Å²) in [4.78, 5) is 27.0. The smallest absolute Gasteiger partial charge is 0.271 e. The van der Waals surface area contributed by atoms with Crippen LogP contribution in [0.2, 0.25) is 0 Å². The number of rotatable bonds is 9. The molecule has 2 heterocycles. The number of amides is 1. The highest BCUT2D eigenvalue weighted by Gasteiger charge is 2.10. The number of fused-ring (bicyclic) bond motifs is 1. The topological polar surface area (TPSA) is 83.0 Å². The number of anilines is 1. The number of carbonyl (C=O) groups is 1. The minimum absolute atomic E-state index is 0.238. The van der Waals surface area contributed by atoms with Crippen molar-refractivity contribution in [2.45, 2.75) is 27.7 Å². The number of nitrogens with zero attached hydrogens (tertiary/aromatic N) is 4. The van der Waals surface area contributed by atoms with Crippen molar-refractivity contribution < 1.29 is 9.18 Å². The summed E-state index contributed by atoms with van der Waals surface area (Å²) < 4.78 is 13.1. The molecule has 3 rings (SSSR count). The van der Waals surface area contributed by atoms with E-state index in [0.29, 0.717) is 36.7 Å². The standard InChI is InChI=1S/C21H25FN6O.C2H6/c1-3-28(11-9-23-20-6-4-5-19(22)27-20)12-10-24-21(29)18-14-25-17-13-15(2)7-8-16(17)26-18;1-2/h4-8,13-14H,3,9-12H2,1-2H3,(H,23,27)(H,24,29);1-2H3. The molecule has 0 bridgehead atoms. The number of hydrogen-bond donors (Lipinski definition) is 2. The maximum Gasteiger partial charge on any atom is 0.271 e. The molecule has 0 fully saturated rings. The summed E-state index contributed by atoms with van der Waals surface area (Å²) in [6.45, 7) is 11.5. The molecule has 2 aromatic heterocycles. The van der Waals surface area contributed by atoms with Crippen LogP contribution in [-0.2, 0) is 0 Å². The largest absolute Gasteiger partial charge is 0.369 e. The van der Waals surface area contributed by atoms with E-state index in [1.807, 2.05) is 39.0 Å². The normalized spacial score (nSPS) is 10.5. The SMILES string of the molecule is CC.CCN(CCNC(=O)c1cnc2cc(C)ccc2n1)CCNc1cccc(F)n1. The van der Waals surface area contributed by atoms with Gasteiger partial charge in [-0.25, -0.2) is 9.97 Å². The minimum Gasteiger partial charge on any atom is -0.369 e. The molecule has 2 N–H and O–H groups in total. The van der Waals surface area contributed by atoms with Gasteiger partial charge >= 0.3 is 0 Å². The van der Waals surface area contributed by atoms with Crippen LogP contribution in [0.25, 0.3) is 11.0 Å². The van der Waals surface area contributed by atoms with Gasteiger partial charge in [0.25, 0.3) is 5.91 Å². The molecule has 0 atom stereocenters. The van der Waals surface area contributed by atoms with Crippen LogP contribution in [0, 0.1) is 12.9 Å². The Kier molecular flexibility index (Phi) is 9.77. The lowest BCUT2D eigenvalue weighted by molar-refractivity contribution is 0.0944. The number of benzene rings is 1. The van der Waals surface area contributed by atoms with E-state index in [-0.39, 0.29) is 5.91 Å². The Hall–Kier alpha value is -3.13. The number of pyridine rings is 1. The Morgan fingerprint density at radius 3 is 2.58 bits per heavy atom. The fourth-order valence-corrected chi connectivity index (χ4v) is 2.93. The predicted octanol–water partition coefficient (Wildman–Crippen LogP) is 3.66. The van der Waals surface area contributed by atoms with Crippen LogP contribution in [0.15, 0.2) is 42.6 Å². The van der Waals surface area contributed by atoms with E-state index in [9.17, 15) is 9.18 Å². The van der Waals surface area contributed by atoms with Crippen LogP contribution in [0.5, 0.6) is 0 Å². The molecular formula is C23H31FN6O. The number of hydrogen-bond acceptors (Lipinski definition) is 6. The van der Waals surface area contributed by atoms with Crippen molar-refractivity contribution in [3.63, 3.8) is 0 Å². The van der Waals surface area contributed by atoms with Crippen molar-refractivity contribution in [2.24, 2.45) is 0 Å². The van der Waals surface area contributed by atoms with Gasteiger partial charge in [-0.05, 0) is 43.3 Å². The molecule has 0 aliphatic rings. The molecule has 1 aromatic carbocycles. The molecular weight excluding hydrogens is 395 g/mol. The summed E-state index contributed by atoms with van der Waals surface area (Å²) in [5.74, 6) is -0.227. The van der Waals surface area contributed by atoms with Gasteiger partial charge in [-0.2, -0.15) is 4.39 Å². The Morgan fingerprint density at radius 2 is 1.84 bits per heavy atom. The number of aromatic nitrogens is 3. The van der Waals surface area contributed by atoms with Crippen molar-refractivity contribution >= 4 is 22.8 Å². The second-order valence-corrected chi connectivity index (χ2v) is 6.71. The molecule has 0 spiro atoms. The summed E-state index contributed by atoms with van der Waals surface area (Å²) in [5.41, 5.74) is 2.89. The van der Waals surface area contributed by atoms with E-state index in [0.717, 1.165) is 24.2 Å². The van der Waals surface area contributed by atoms with Crippen molar-refractivity contribution in [3.05, 3.63) is 59.8 Å². The Bertz CT molecular complexity index is 981. The van der Waals surface area contributed by atoms with Gasteiger partial charge in [-0.1, -0.05) is 32.9 Å². The van der Waals surface area contributed by atoms with Crippen LogP contribution in [-0.4, -0.2) is 58.5 Å². The zero-order valence-corrected chi connectivity index (χ0v) is 18.7. The van der Waals surface area contributed by atoms with E-state index in [1.165, 1.54) is 12.3 Å². The Labute approximate surface area is 183 Å². The molecule has 31 heavy (non-hydrogen) atoms. The first-order chi connectivity index (χ1) is 15.0. The molecule has 0 saturated carbocycles.